The summed E-state index contributed by atoms with van der Waals surface area (Å²) in [5.41, 5.74) is 0.772. The first kappa shape index (κ1) is 22.3. The molecule has 0 aliphatic rings. The van der Waals surface area contributed by atoms with E-state index in [2.05, 4.69) is 5.32 Å². The van der Waals surface area contributed by atoms with Gasteiger partial charge in [-0.05, 0) is 37.0 Å². The summed E-state index contributed by atoms with van der Waals surface area (Å²) in [7, 11) is 2.95. The number of hydrogen-bond acceptors (Lipinski definition) is 6. The number of nitrogens with one attached hydrogen (secondary N) is 1. The van der Waals surface area contributed by atoms with Gasteiger partial charge in [-0.15, -0.1) is 0 Å². The largest absolute Gasteiger partial charge is 0.493 e. The Morgan fingerprint density at radius 3 is 2.48 bits per heavy atom. The number of carboxylic acids is 1. The molecule has 1 amide bonds. The smallest absolute Gasteiger partial charge is 0.339 e. The fourth-order valence-corrected chi connectivity index (χ4v) is 3.22. The normalized spacial score (nSPS) is 13.0. The van der Waals surface area contributed by atoms with Crippen molar-refractivity contribution in [1.82, 2.24) is 5.32 Å². The van der Waals surface area contributed by atoms with Crippen LogP contribution in [-0.2, 0) is 16.0 Å². The molecule has 1 heterocycles. The molecule has 0 unspecified atom stereocenters. The molecule has 0 saturated heterocycles. The number of ether oxygens (including phenoxy) is 2. The van der Waals surface area contributed by atoms with Gasteiger partial charge < -0.3 is 24.3 Å². The van der Waals surface area contributed by atoms with E-state index in [0.29, 0.717) is 34.4 Å². The zero-order valence-corrected chi connectivity index (χ0v) is 17.3. The Morgan fingerprint density at radius 2 is 1.93 bits per heavy atom. The topological polar surface area (TPSA) is 115 Å². The van der Waals surface area contributed by atoms with Crippen molar-refractivity contribution in [2.75, 3.05) is 14.2 Å². The highest BCUT2D eigenvalue weighted by Gasteiger charge is 2.25. The Hall–Kier alpha value is -3.03. The van der Waals surface area contributed by atoms with Crippen LogP contribution < -0.4 is 20.4 Å². The van der Waals surface area contributed by atoms with Crippen molar-refractivity contribution in [2.45, 2.75) is 46.1 Å². The monoisotopic (exact) mass is 405 g/mol. The molecule has 0 aliphatic heterocycles. The van der Waals surface area contributed by atoms with Crippen LogP contribution in [0.2, 0.25) is 0 Å². The number of methoxy groups -OCH3 is 2. The van der Waals surface area contributed by atoms with Crippen LogP contribution in [-0.4, -0.2) is 37.2 Å². The van der Waals surface area contributed by atoms with Gasteiger partial charge in [-0.3, -0.25) is 4.79 Å². The Bertz CT molecular complexity index is 964. The molecule has 8 nitrogen and oxygen atoms in total. The summed E-state index contributed by atoms with van der Waals surface area (Å²) in [6, 6.07) is 2.52. The van der Waals surface area contributed by atoms with Gasteiger partial charge in [0.2, 0.25) is 11.7 Å². The second-order valence-electron chi connectivity index (χ2n) is 6.94. The fourth-order valence-electron chi connectivity index (χ4n) is 3.22. The van der Waals surface area contributed by atoms with Gasteiger partial charge >= 0.3 is 11.6 Å². The van der Waals surface area contributed by atoms with Crippen LogP contribution >= 0.6 is 0 Å². The maximum atomic E-state index is 12.5. The Kier molecular flexibility index (Phi) is 7.25. The van der Waals surface area contributed by atoms with Gasteiger partial charge in [-0.1, -0.05) is 20.3 Å². The van der Waals surface area contributed by atoms with E-state index in [1.54, 1.807) is 26.0 Å². The van der Waals surface area contributed by atoms with Crippen molar-refractivity contribution < 1.29 is 28.6 Å². The molecule has 0 aliphatic carbocycles. The number of carbonyl (C=O) groups is 2. The van der Waals surface area contributed by atoms with Crippen molar-refractivity contribution in [3.05, 3.63) is 33.7 Å². The minimum absolute atomic E-state index is 0.0232. The summed E-state index contributed by atoms with van der Waals surface area (Å²) in [6.07, 6.45) is 0.734. The van der Waals surface area contributed by atoms with Gasteiger partial charge in [-0.2, -0.15) is 0 Å². The summed E-state index contributed by atoms with van der Waals surface area (Å²) < 4.78 is 16.0. The van der Waals surface area contributed by atoms with Crippen molar-refractivity contribution in [3.8, 4) is 11.5 Å². The lowest BCUT2D eigenvalue weighted by atomic mass is 9.98. The molecule has 1 aromatic heterocycles. The molecule has 1 aromatic carbocycles. The molecule has 0 bridgehead atoms. The fraction of sp³-hybridized carbons (Fsp3) is 0.476. The van der Waals surface area contributed by atoms with E-state index in [1.807, 2.05) is 6.92 Å². The van der Waals surface area contributed by atoms with Crippen LogP contribution in [0.5, 0.6) is 11.5 Å². The van der Waals surface area contributed by atoms with Crippen molar-refractivity contribution in [3.63, 3.8) is 0 Å². The summed E-state index contributed by atoms with van der Waals surface area (Å²) in [5.74, 6) is -0.933. The first-order valence-corrected chi connectivity index (χ1v) is 9.44. The minimum Gasteiger partial charge on any atom is -0.493 e. The summed E-state index contributed by atoms with van der Waals surface area (Å²) in [6.45, 7) is 5.40. The molecule has 158 valence electrons. The molecule has 29 heavy (non-hydrogen) atoms. The van der Waals surface area contributed by atoms with E-state index in [9.17, 15) is 19.5 Å². The Morgan fingerprint density at radius 1 is 1.24 bits per heavy atom. The summed E-state index contributed by atoms with van der Waals surface area (Å²) in [5, 5.41) is 12.5. The van der Waals surface area contributed by atoms with E-state index < -0.39 is 23.5 Å². The molecule has 2 aromatic rings. The summed E-state index contributed by atoms with van der Waals surface area (Å²) >= 11 is 0. The number of fused-ring (bicyclic) bond motifs is 1. The minimum atomic E-state index is -1.07. The lowest BCUT2D eigenvalue weighted by Crippen LogP contribution is -2.45. The molecule has 2 N–H and O–H groups in total. The molecule has 0 radical (unpaired) electrons. The molecule has 0 fully saturated rings. The van der Waals surface area contributed by atoms with Crippen LogP contribution in [0.15, 0.2) is 21.3 Å². The van der Waals surface area contributed by atoms with Gasteiger partial charge in [-0.25, -0.2) is 9.59 Å². The van der Waals surface area contributed by atoms with Gasteiger partial charge in [0, 0.05) is 17.4 Å². The standard InChI is InChI=1S/C21H27NO7/c1-6-11(2)17(20(24)25)22-16(23)10-8-14-12(3)13-7-9-15(27-4)19(28-5)18(13)29-21(14)26/h7,9,11,17H,6,8,10H2,1-5H3,(H,22,23)(H,24,25)/t11-,17-/m1/s1. The average molecular weight is 405 g/mol. The molecule has 2 atom stereocenters. The van der Waals surface area contributed by atoms with Gasteiger partial charge in [0.25, 0.3) is 0 Å². The SMILES string of the molecule is CC[C@@H](C)[C@@H](NC(=O)CCc1c(C)c2ccc(OC)c(OC)c2oc1=O)C(=O)O. The maximum Gasteiger partial charge on any atom is 0.339 e. The quantitative estimate of drug-likeness (QED) is 0.616. The van der Waals surface area contributed by atoms with Crippen molar-refractivity contribution in [1.29, 1.82) is 0 Å². The van der Waals surface area contributed by atoms with Gasteiger partial charge in [0.15, 0.2) is 11.3 Å². The molecule has 0 spiro atoms. The number of hydrogen-bond donors (Lipinski definition) is 2. The second kappa shape index (κ2) is 9.45. The number of benzene rings is 1. The number of amides is 1. The predicted octanol–water partition coefficient (Wildman–Crippen LogP) is 2.67. The number of rotatable bonds is 9. The Labute approximate surface area is 168 Å². The third-order valence-electron chi connectivity index (χ3n) is 5.20. The second-order valence-corrected chi connectivity index (χ2v) is 6.94. The van der Waals surface area contributed by atoms with E-state index in [4.69, 9.17) is 13.9 Å². The van der Waals surface area contributed by atoms with Crippen LogP contribution in [0.25, 0.3) is 11.0 Å². The molecular weight excluding hydrogens is 378 g/mol. The van der Waals surface area contributed by atoms with E-state index in [-0.39, 0.29) is 24.3 Å². The van der Waals surface area contributed by atoms with Crippen LogP contribution in [0.4, 0.5) is 0 Å². The Balaban J connectivity index is 2.28. The van der Waals surface area contributed by atoms with E-state index in [0.717, 1.165) is 0 Å². The number of carbonyl (C=O) groups excluding carboxylic acids is 1. The van der Waals surface area contributed by atoms with Crippen LogP contribution in [0, 0.1) is 12.8 Å². The van der Waals surface area contributed by atoms with E-state index >= 15 is 0 Å². The van der Waals surface area contributed by atoms with Crippen LogP contribution in [0.3, 0.4) is 0 Å². The highest BCUT2D eigenvalue weighted by molar-refractivity contribution is 5.89. The predicted molar refractivity (Wildman–Crippen MR) is 108 cm³/mol. The average Bonchev–Trinajstić information content (AvgIpc) is 2.69. The third kappa shape index (κ3) is 4.70. The zero-order chi connectivity index (χ0) is 21.7. The molecule has 8 heteroatoms. The first-order chi connectivity index (χ1) is 13.7. The molecular formula is C21H27NO7. The van der Waals surface area contributed by atoms with Gasteiger partial charge in [0.1, 0.15) is 6.04 Å². The van der Waals surface area contributed by atoms with Crippen LogP contribution in [0.1, 0.15) is 37.8 Å². The van der Waals surface area contributed by atoms with Crippen molar-refractivity contribution in [2.24, 2.45) is 5.92 Å². The maximum absolute atomic E-state index is 12.5. The van der Waals surface area contributed by atoms with E-state index in [1.165, 1.54) is 14.2 Å². The lowest BCUT2D eigenvalue weighted by molar-refractivity contribution is -0.143. The number of aliphatic carboxylic acids is 1. The molecule has 0 saturated carbocycles. The summed E-state index contributed by atoms with van der Waals surface area (Å²) in [4.78, 5) is 36.2. The number of carboxylic acid groups (broad SMARTS) is 1. The highest BCUT2D eigenvalue weighted by Crippen LogP contribution is 2.36. The first-order valence-electron chi connectivity index (χ1n) is 9.44. The van der Waals surface area contributed by atoms with Gasteiger partial charge in [0.05, 0.1) is 14.2 Å². The highest BCUT2D eigenvalue weighted by atomic mass is 16.5. The lowest BCUT2D eigenvalue weighted by Gasteiger charge is -2.20. The zero-order valence-electron chi connectivity index (χ0n) is 17.3. The third-order valence-corrected chi connectivity index (χ3v) is 5.20. The molecule has 2 rings (SSSR count). The number of aryl methyl sites for hydroxylation is 1. The van der Waals surface area contributed by atoms with Crippen molar-refractivity contribution >= 4 is 22.8 Å².